The summed E-state index contributed by atoms with van der Waals surface area (Å²) in [5.41, 5.74) is 1.36. The summed E-state index contributed by atoms with van der Waals surface area (Å²) < 4.78 is 5.82. The Balaban J connectivity index is 0.00000128. The quantitative estimate of drug-likeness (QED) is 0.874. The van der Waals surface area contributed by atoms with Crippen LogP contribution in [-0.4, -0.2) is 25.8 Å². The first-order chi connectivity index (χ1) is 7.45. The molecular formula is C13H20ClNO. The Labute approximate surface area is 104 Å². The van der Waals surface area contributed by atoms with E-state index in [2.05, 4.69) is 35.6 Å². The molecule has 0 spiro atoms. The molecule has 90 valence electrons. The van der Waals surface area contributed by atoms with Crippen LogP contribution in [0.4, 0.5) is 0 Å². The average Bonchev–Trinajstić information content (AvgIpc) is 2.32. The first-order valence-electron chi connectivity index (χ1n) is 5.81. The normalized spacial score (nSPS) is 20.1. The second kappa shape index (κ2) is 7.66. The van der Waals surface area contributed by atoms with Gasteiger partial charge in [-0.3, -0.25) is 0 Å². The largest absolute Gasteiger partial charge is 0.377 e. The Kier molecular flexibility index (Phi) is 6.46. The lowest BCUT2D eigenvalue weighted by atomic mass is 10.1. The second-order valence-corrected chi connectivity index (χ2v) is 4.07. The van der Waals surface area contributed by atoms with Crippen LogP contribution in [0.1, 0.15) is 18.4 Å². The molecule has 1 N–H and O–H groups in total. The fraction of sp³-hybridized carbons (Fsp3) is 0.538. The van der Waals surface area contributed by atoms with Crippen molar-refractivity contribution < 1.29 is 4.74 Å². The van der Waals surface area contributed by atoms with Crippen molar-refractivity contribution in [3.05, 3.63) is 35.9 Å². The van der Waals surface area contributed by atoms with Crippen LogP contribution in [0.3, 0.4) is 0 Å². The van der Waals surface area contributed by atoms with Gasteiger partial charge >= 0.3 is 0 Å². The molecule has 1 atom stereocenters. The maximum atomic E-state index is 5.82. The Hall–Kier alpha value is -0.570. The van der Waals surface area contributed by atoms with E-state index >= 15 is 0 Å². The van der Waals surface area contributed by atoms with Gasteiger partial charge in [-0.25, -0.2) is 0 Å². The third-order valence-electron chi connectivity index (χ3n) is 2.84. The lowest BCUT2D eigenvalue weighted by molar-refractivity contribution is 0.0390. The zero-order chi connectivity index (χ0) is 10.3. The number of rotatable bonds is 4. The minimum absolute atomic E-state index is 0. The number of piperidine rings is 1. The van der Waals surface area contributed by atoms with Crippen molar-refractivity contribution in [2.75, 3.05) is 19.7 Å². The standard InChI is InChI=1S/C13H19NO.ClH/c1-2-5-12(6-3-1)8-10-15-13-7-4-9-14-11-13;/h1-3,5-6,13-14H,4,7-11H2;1H/t13-;/m1./s1. The Morgan fingerprint density at radius 2 is 2.06 bits per heavy atom. The summed E-state index contributed by atoms with van der Waals surface area (Å²) in [6.07, 6.45) is 3.91. The highest BCUT2D eigenvalue weighted by Gasteiger charge is 2.12. The third-order valence-corrected chi connectivity index (χ3v) is 2.84. The van der Waals surface area contributed by atoms with Gasteiger partial charge in [0.05, 0.1) is 12.7 Å². The van der Waals surface area contributed by atoms with E-state index in [0.29, 0.717) is 6.10 Å². The van der Waals surface area contributed by atoms with Crippen molar-refractivity contribution in [3.63, 3.8) is 0 Å². The topological polar surface area (TPSA) is 21.3 Å². The molecule has 0 aromatic heterocycles. The molecule has 1 heterocycles. The number of halogens is 1. The van der Waals surface area contributed by atoms with E-state index in [1.165, 1.54) is 18.4 Å². The zero-order valence-electron chi connectivity index (χ0n) is 9.52. The number of nitrogens with one attached hydrogen (secondary N) is 1. The summed E-state index contributed by atoms with van der Waals surface area (Å²) in [5, 5.41) is 3.36. The van der Waals surface area contributed by atoms with E-state index in [9.17, 15) is 0 Å². The minimum atomic E-state index is 0. The molecule has 1 fully saturated rings. The van der Waals surface area contributed by atoms with Gasteiger partial charge in [0, 0.05) is 6.54 Å². The van der Waals surface area contributed by atoms with E-state index in [0.717, 1.165) is 26.1 Å². The Morgan fingerprint density at radius 3 is 2.75 bits per heavy atom. The van der Waals surface area contributed by atoms with Crippen LogP contribution >= 0.6 is 12.4 Å². The van der Waals surface area contributed by atoms with Crippen LogP contribution in [-0.2, 0) is 11.2 Å². The van der Waals surface area contributed by atoms with E-state index in [-0.39, 0.29) is 12.4 Å². The maximum absolute atomic E-state index is 5.82. The van der Waals surface area contributed by atoms with Crippen LogP contribution < -0.4 is 5.32 Å². The van der Waals surface area contributed by atoms with Crippen molar-refractivity contribution in [2.45, 2.75) is 25.4 Å². The maximum Gasteiger partial charge on any atom is 0.0700 e. The SMILES string of the molecule is Cl.c1ccc(CCO[C@@H]2CCCNC2)cc1. The van der Waals surface area contributed by atoms with Crippen LogP contribution in [0.15, 0.2) is 30.3 Å². The number of hydrogen-bond donors (Lipinski definition) is 1. The number of benzene rings is 1. The fourth-order valence-electron chi connectivity index (χ4n) is 1.95. The highest BCUT2D eigenvalue weighted by molar-refractivity contribution is 5.85. The monoisotopic (exact) mass is 241 g/mol. The molecule has 2 nitrogen and oxygen atoms in total. The van der Waals surface area contributed by atoms with Crippen LogP contribution in [0, 0.1) is 0 Å². The molecular weight excluding hydrogens is 222 g/mol. The lowest BCUT2D eigenvalue weighted by Gasteiger charge is -2.23. The van der Waals surface area contributed by atoms with Gasteiger partial charge < -0.3 is 10.1 Å². The number of hydrogen-bond acceptors (Lipinski definition) is 2. The summed E-state index contributed by atoms with van der Waals surface area (Å²) in [7, 11) is 0. The van der Waals surface area contributed by atoms with Crippen molar-refractivity contribution in [1.29, 1.82) is 0 Å². The van der Waals surface area contributed by atoms with Crippen molar-refractivity contribution in [2.24, 2.45) is 0 Å². The molecule has 0 unspecified atom stereocenters. The molecule has 1 aliphatic heterocycles. The fourth-order valence-corrected chi connectivity index (χ4v) is 1.95. The van der Waals surface area contributed by atoms with E-state index in [4.69, 9.17) is 4.74 Å². The Morgan fingerprint density at radius 1 is 1.25 bits per heavy atom. The van der Waals surface area contributed by atoms with Crippen molar-refractivity contribution in [1.82, 2.24) is 5.32 Å². The molecule has 2 rings (SSSR count). The van der Waals surface area contributed by atoms with Gasteiger partial charge in [-0.15, -0.1) is 12.4 Å². The van der Waals surface area contributed by atoms with Crippen LogP contribution in [0.2, 0.25) is 0 Å². The predicted molar refractivity (Wildman–Crippen MR) is 69.2 cm³/mol. The molecule has 0 radical (unpaired) electrons. The third kappa shape index (κ3) is 4.52. The van der Waals surface area contributed by atoms with Crippen molar-refractivity contribution >= 4 is 12.4 Å². The van der Waals surface area contributed by atoms with Gasteiger partial charge in [-0.05, 0) is 31.4 Å². The van der Waals surface area contributed by atoms with Crippen LogP contribution in [0.5, 0.6) is 0 Å². The second-order valence-electron chi connectivity index (χ2n) is 4.07. The summed E-state index contributed by atoms with van der Waals surface area (Å²) >= 11 is 0. The summed E-state index contributed by atoms with van der Waals surface area (Å²) in [6.45, 7) is 3.02. The molecule has 1 aromatic rings. The van der Waals surface area contributed by atoms with Gasteiger partial charge in [0.2, 0.25) is 0 Å². The van der Waals surface area contributed by atoms with Gasteiger partial charge in [0.25, 0.3) is 0 Å². The van der Waals surface area contributed by atoms with Crippen molar-refractivity contribution in [3.8, 4) is 0 Å². The first kappa shape index (κ1) is 13.5. The smallest absolute Gasteiger partial charge is 0.0700 e. The molecule has 0 saturated carbocycles. The molecule has 1 aromatic carbocycles. The van der Waals surface area contributed by atoms with Gasteiger partial charge in [0.1, 0.15) is 0 Å². The molecule has 1 saturated heterocycles. The Bertz CT molecular complexity index is 273. The van der Waals surface area contributed by atoms with E-state index < -0.39 is 0 Å². The van der Waals surface area contributed by atoms with E-state index in [1.54, 1.807) is 0 Å². The highest BCUT2D eigenvalue weighted by atomic mass is 35.5. The van der Waals surface area contributed by atoms with Crippen LogP contribution in [0.25, 0.3) is 0 Å². The summed E-state index contributed by atoms with van der Waals surface area (Å²) in [5.74, 6) is 0. The molecule has 3 heteroatoms. The number of ether oxygens (including phenoxy) is 1. The molecule has 1 aliphatic rings. The van der Waals surface area contributed by atoms with Gasteiger partial charge in [-0.1, -0.05) is 30.3 Å². The van der Waals surface area contributed by atoms with E-state index in [1.807, 2.05) is 0 Å². The molecule has 16 heavy (non-hydrogen) atoms. The zero-order valence-corrected chi connectivity index (χ0v) is 10.3. The van der Waals surface area contributed by atoms with Gasteiger partial charge in [-0.2, -0.15) is 0 Å². The first-order valence-corrected chi connectivity index (χ1v) is 5.81. The minimum Gasteiger partial charge on any atom is -0.377 e. The molecule has 0 bridgehead atoms. The molecule has 0 amide bonds. The van der Waals surface area contributed by atoms with Gasteiger partial charge in [0.15, 0.2) is 0 Å². The summed E-state index contributed by atoms with van der Waals surface area (Å²) in [6, 6.07) is 10.5. The average molecular weight is 242 g/mol. The predicted octanol–water partition coefficient (Wildman–Crippen LogP) is 2.42. The lowest BCUT2D eigenvalue weighted by Crippen LogP contribution is -2.35. The molecule has 0 aliphatic carbocycles. The highest BCUT2D eigenvalue weighted by Crippen LogP contribution is 2.07. The summed E-state index contributed by atoms with van der Waals surface area (Å²) in [4.78, 5) is 0.